The highest BCUT2D eigenvalue weighted by molar-refractivity contribution is 5.92. The number of ether oxygens (including phenoxy) is 2. The fraction of sp³-hybridized carbons (Fsp3) is 0.500. The molecule has 1 aromatic carbocycles. The van der Waals surface area contributed by atoms with E-state index in [-0.39, 0.29) is 5.97 Å². The quantitative estimate of drug-likeness (QED) is 0.522. The van der Waals surface area contributed by atoms with E-state index in [2.05, 4.69) is 27.8 Å². The zero-order valence-corrected chi connectivity index (χ0v) is 16.6. The minimum absolute atomic E-state index is 0.363. The maximum absolute atomic E-state index is 12.7. The molecule has 0 radical (unpaired) electrons. The number of aromatic nitrogens is 4. The summed E-state index contributed by atoms with van der Waals surface area (Å²) in [5, 5.41) is 14.9. The number of nitrogens with zero attached hydrogens (tertiary/aromatic N) is 4. The maximum atomic E-state index is 12.7. The van der Waals surface area contributed by atoms with Crippen molar-refractivity contribution in [2.24, 2.45) is 0 Å². The summed E-state index contributed by atoms with van der Waals surface area (Å²) >= 11 is 0. The van der Waals surface area contributed by atoms with E-state index >= 15 is 0 Å². The van der Waals surface area contributed by atoms with Gasteiger partial charge in [-0.3, -0.25) is 0 Å². The van der Waals surface area contributed by atoms with Crippen LogP contribution in [0.1, 0.15) is 58.1 Å². The molecule has 8 nitrogen and oxygen atoms in total. The van der Waals surface area contributed by atoms with E-state index in [1.165, 1.54) is 0 Å². The molecule has 2 heterocycles. The summed E-state index contributed by atoms with van der Waals surface area (Å²) in [6.45, 7) is 7.03. The molecule has 3 rings (SSSR count). The van der Waals surface area contributed by atoms with Gasteiger partial charge in [0.15, 0.2) is 0 Å². The normalized spacial score (nSPS) is 15.8. The van der Waals surface area contributed by atoms with Gasteiger partial charge < -0.3 is 14.8 Å². The van der Waals surface area contributed by atoms with Crippen molar-refractivity contribution < 1.29 is 14.3 Å². The van der Waals surface area contributed by atoms with Gasteiger partial charge >= 0.3 is 5.97 Å². The molecule has 1 aromatic heterocycles. The van der Waals surface area contributed by atoms with Gasteiger partial charge in [0.25, 0.3) is 0 Å². The number of anilines is 1. The monoisotopic (exact) mass is 385 g/mol. The van der Waals surface area contributed by atoms with Crippen LogP contribution in [0, 0.1) is 0 Å². The highest BCUT2D eigenvalue weighted by Crippen LogP contribution is 2.35. The number of unbranched alkanes of at least 4 members (excludes halogenated alkanes) is 2. The maximum Gasteiger partial charge on any atom is 0.338 e. The Kier molecular flexibility index (Phi) is 6.62. The number of nitrogens with one attached hydrogen (secondary N) is 1. The number of carbonyl (C=O) groups excluding carboxylic acids is 1. The summed E-state index contributed by atoms with van der Waals surface area (Å²) in [4.78, 5) is 12.7. The molecule has 0 amide bonds. The van der Waals surface area contributed by atoms with Crippen molar-refractivity contribution in [3.63, 3.8) is 0 Å². The first kappa shape index (κ1) is 19.9. The predicted octanol–water partition coefficient (Wildman–Crippen LogP) is 3.48. The number of tetrazole rings is 1. The Morgan fingerprint density at radius 2 is 1.93 bits per heavy atom. The molecule has 1 atom stereocenters. The molecule has 28 heavy (non-hydrogen) atoms. The van der Waals surface area contributed by atoms with Crippen LogP contribution >= 0.6 is 0 Å². The van der Waals surface area contributed by atoms with Crippen molar-refractivity contribution in [2.75, 3.05) is 18.5 Å². The molecular weight excluding hydrogens is 358 g/mol. The molecule has 0 fully saturated rings. The summed E-state index contributed by atoms with van der Waals surface area (Å²) < 4.78 is 12.8. The lowest BCUT2D eigenvalue weighted by atomic mass is 9.96. The van der Waals surface area contributed by atoms with Gasteiger partial charge in [-0.1, -0.05) is 43.9 Å². The van der Waals surface area contributed by atoms with Crippen LogP contribution in [0.2, 0.25) is 0 Å². The number of fused-ring (bicyclic) bond motifs is 1. The van der Waals surface area contributed by atoms with E-state index in [4.69, 9.17) is 9.47 Å². The first-order chi connectivity index (χ1) is 13.7. The summed E-state index contributed by atoms with van der Waals surface area (Å²) in [6.07, 6.45) is 4.11. The standard InChI is InChI=1S/C20H27N5O3/c1-4-6-7-13-27-16-10-8-15(9-11-16)18-17(19(26)28-12-5-2)14(3)21-20-22-23-24-25(18)20/h8-11,18H,4-7,12-13H2,1-3H3,(H,21,22,24). The van der Waals surface area contributed by atoms with Crippen LogP contribution in [0.25, 0.3) is 0 Å². The topological polar surface area (TPSA) is 91.2 Å². The molecular formula is C20H27N5O3. The van der Waals surface area contributed by atoms with Gasteiger partial charge in [-0.25, -0.2) is 4.79 Å². The number of carbonyl (C=O) groups is 1. The molecule has 2 aromatic rings. The molecule has 1 aliphatic rings. The molecule has 1 unspecified atom stereocenters. The first-order valence-electron chi connectivity index (χ1n) is 9.81. The number of benzene rings is 1. The molecule has 0 bridgehead atoms. The highest BCUT2D eigenvalue weighted by Gasteiger charge is 2.34. The van der Waals surface area contributed by atoms with Gasteiger partial charge in [0.1, 0.15) is 11.8 Å². The van der Waals surface area contributed by atoms with Gasteiger partial charge in [-0.15, -0.1) is 0 Å². The Bertz CT molecular complexity index is 829. The largest absolute Gasteiger partial charge is 0.494 e. The average molecular weight is 385 g/mol. The van der Waals surface area contributed by atoms with E-state index in [0.29, 0.717) is 30.4 Å². The highest BCUT2D eigenvalue weighted by atomic mass is 16.5. The number of hydrogen-bond donors (Lipinski definition) is 1. The second kappa shape index (κ2) is 9.34. The Balaban J connectivity index is 1.85. The molecule has 0 saturated carbocycles. The predicted molar refractivity (Wildman–Crippen MR) is 105 cm³/mol. The average Bonchev–Trinajstić information content (AvgIpc) is 3.17. The number of allylic oxidation sites excluding steroid dienone is 1. The molecule has 0 aliphatic carbocycles. The minimum Gasteiger partial charge on any atom is -0.494 e. The molecule has 8 heteroatoms. The lowest BCUT2D eigenvalue weighted by molar-refractivity contribution is -0.139. The summed E-state index contributed by atoms with van der Waals surface area (Å²) in [5.74, 6) is 0.939. The number of hydrogen-bond acceptors (Lipinski definition) is 7. The van der Waals surface area contributed by atoms with Crippen molar-refractivity contribution >= 4 is 11.9 Å². The fourth-order valence-corrected chi connectivity index (χ4v) is 3.15. The van der Waals surface area contributed by atoms with Crippen LogP contribution < -0.4 is 10.1 Å². The van der Waals surface area contributed by atoms with Gasteiger partial charge in [0, 0.05) is 5.70 Å². The molecule has 1 aliphatic heterocycles. The van der Waals surface area contributed by atoms with Gasteiger partial charge in [0.05, 0.1) is 18.8 Å². The van der Waals surface area contributed by atoms with Crippen LogP contribution in [0.15, 0.2) is 35.5 Å². The van der Waals surface area contributed by atoms with Crippen molar-refractivity contribution in [1.29, 1.82) is 0 Å². The van der Waals surface area contributed by atoms with Crippen LogP contribution in [0.3, 0.4) is 0 Å². The Hall–Kier alpha value is -2.90. The zero-order valence-electron chi connectivity index (χ0n) is 16.6. The zero-order chi connectivity index (χ0) is 19.9. The summed E-state index contributed by atoms with van der Waals surface area (Å²) in [7, 11) is 0. The van der Waals surface area contributed by atoms with Crippen LogP contribution in [-0.4, -0.2) is 39.4 Å². The Labute approximate surface area is 164 Å². The van der Waals surface area contributed by atoms with Crippen molar-refractivity contribution in [3.05, 3.63) is 41.1 Å². The van der Waals surface area contributed by atoms with E-state index in [0.717, 1.165) is 37.0 Å². The Morgan fingerprint density at radius 1 is 1.14 bits per heavy atom. The van der Waals surface area contributed by atoms with Gasteiger partial charge in [-0.05, 0) is 47.9 Å². The first-order valence-corrected chi connectivity index (χ1v) is 9.81. The third-order valence-electron chi connectivity index (χ3n) is 4.58. The minimum atomic E-state index is -0.454. The second-order valence-corrected chi connectivity index (χ2v) is 6.77. The smallest absolute Gasteiger partial charge is 0.338 e. The number of esters is 1. The van der Waals surface area contributed by atoms with Crippen LogP contribution in [0.4, 0.5) is 5.95 Å². The lowest BCUT2D eigenvalue weighted by Crippen LogP contribution is -2.29. The van der Waals surface area contributed by atoms with Crippen LogP contribution in [-0.2, 0) is 9.53 Å². The Morgan fingerprint density at radius 3 is 2.64 bits per heavy atom. The van der Waals surface area contributed by atoms with E-state index < -0.39 is 6.04 Å². The van der Waals surface area contributed by atoms with Crippen molar-refractivity contribution in [3.8, 4) is 5.75 Å². The lowest BCUT2D eigenvalue weighted by Gasteiger charge is -2.27. The second-order valence-electron chi connectivity index (χ2n) is 6.77. The third-order valence-corrected chi connectivity index (χ3v) is 4.58. The van der Waals surface area contributed by atoms with Crippen molar-refractivity contribution in [1.82, 2.24) is 20.2 Å². The number of rotatable bonds is 9. The third kappa shape index (κ3) is 4.32. The van der Waals surface area contributed by atoms with E-state index in [1.807, 2.05) is 38.1 Å². The SMILES string of the molecule is CCCCCOc1ccc(C2C(C(=O)OCCC)=C(C)Nc3nnnn32)cc1. The van der Waals surface area contributed by atoms with E-state index in [1.54, 1.807) is 4.68 Å². The molecule has 0 spiro atoms. The van der Waals surface area contributed by atoms with Gasteiger partial charge in [0.2, 0.25) is 5.95 Å². The summed E-state index contributed by atoms with van der Waals surface area (Å²) in [5.41, 5.74) is 2.08. The summed E-state index contributed by atoms with van der Waals surface area (Å²) in [6, 6.07) is 7.26. The molecule has 1 N–H and O–H groups in total. The van der Waals surface area contributed by atoms with Crippen LogP contribution in [0.5, 0.6) is 5.75 Å². The van der Waals surface area contributed by atoms with E-state index in [9.17, 15) is 4.79 Å². The molecule has 150 valence electrons. The van der Waals surface area contributed by atoms with Gasteiger partial charge in [-0.2, -0.15) is 4.68 Å². The fourth-order valence-electron chi connectivity index (χ4n) is 3.15. The van der Waals surface area contributed by atoms with Crippen molar-refractivity contribution in [2.45, 2.75) is 52.5 Å². The molecule has 0 saturated heterocycles.